The van der Waals surface area contributed by atoms with Crippen LogP contribution in [0, 0.1) is 0 Å². The standard InChI is InChI=1S/C16H24N2O3S/c1-15(2,14(17)21)18-13(20)10-12(19)16(3,4)22-11-8-6-5-7-9-11/h5-9,12,19H,10H2,1-4H3,(H2,17,21)(H,18,20). The molecule has 6 heteroatoms. The molecule has 0 aliphatic carbocycles. The SMILES string of the molecule is CC(C)(NC(=O)CC(O)C(C)(C)Sc1ccccc1)C(N)=O. The normalized spacial score (nSPS) is 13.5. The summed E-state index contributed by atoms with van der Waals surface area (Å²) in [6.45, 7) is 6.82. The third kappa shape index (κ3) is 5.35. The van der Waals surface area contributed by atoms with Gasteiger partial charge in [-0.05, 0) is 39.8 Å². The Morgan fingerprint density at radius 1 is 1.23 bits per heavy atom. The maximum Gasteiger partial charge on any atom is 0.242 e. The van der Waals surface area contributed by atoms with Crippen molar-refractivity contribution < 1.29 is 14.7 Å². The molecule has 0 heterocycles. The van der Waals surface area contributed by atoms with Gasteiger partial charge in [0.05, 0.1) is 12.5 Å². The minimum atomic E-state index is -1.13. The Kier molecular flexibility index (Phi) is 6.02. The second kappa shape index (κ2) is 7.15. The Morgan fingerprint density at radius 2 is 1.77 bits per heavy atom. The van der Waals surface area contributed by atoms with Crippen molar-refractivity contribution in [2.45, 2.75) is 55.4 Å². The van der Waals surface area contributed by atoms with E-state index >= 15 is 0 Å². The number of thioether (sulfide) groups is 1. The van der Waals surface area contributed by atoms with Crippen LogP contribution in [0.2, 0.25) is 0 Å². The molecule has 0 aliphatic rings. The van der Waals surface area contributed by atoms with Crippen LogP contribution in [0.5, 0.6) is 0 Å². The molecule has 2 amide bonds. The van der Waals surface area contributed by atoms with Gasteiger partial charge in [0.15, 0.2) is 0 Å². The second-order valence-electron chi connectivity index (χ2n) is 6.28. The summed E-state index contributed by atoms with van der Waals surface area (Å²) in [6.07, 6.45) is -0.954. The first-order chi connectivity index (χ1) is 10.0. The van der Waals surface area contributed by atoms with Crippen molar-refractivity contribution in [2.75, 3.05) is 0 Å². The van der Waals surface area contributed by atoms with Crippen molar-refractivity contribution in [1.29, 1.82) is 0 Å². The molecule has 1 aromatic rings. The van der Waals surface area contributed by atoms with Crippen LogP contribution in [0.4, 0.5) is 0 Å². The van der Waals surface area contributed by atoms with Crippen LogP contribution in [0.1, 0.15) is 34.1 Å². The number of aliphatic hydroxyl groups is 1. The van der Waals surface area contributed by atoms with E-state index in [1.165, 1.54) is 25.6 Å². The lowest BCUT2D eigenvalue weighted by atomic mass is 10.0. The number of nitrogens with one attached hydrogen (secondary N) is 1. The van der Waals surface area contributed by atoms with Crippen LogP contribution >= 0.6 is 11.8 Å². The highest BCUT2D eigenvalue weighted by Crippen LogP contribution is 2.36. The van der Waals surface area contributed by atoms with Crippen LogP contribution in [0.25, 0.3) is 0 Å². The predicted molar refractivity (Wildman–Crippen MR) is 88.4 cm³/mol. The average molecular weight is 324 g/mol. The van der Waals surface area contributed by atoms with Gasteiger partial charge in [0.1, 0.15) is 5.54 Å². The van der Waals surface area contributed by atoms with Gasteiger partial charge >= 0.3 is 0 Å². The first kappa shape index (κ1) is 18.5. The summed E-state index contributed by atoms with van der Waals surface area (Å²) in [7, 11) is 0. The summed E-state index contributed by atoms with van der Waals surface area (Å²) in [5.74, 6) is -1.02. The van der Waals surface area contributed by atoms with Gasteiger partial charge in [-0.3, -0.25) is 9.59 Å². The maximum atomic E-state index is 12.0. The zero-order chi connectivity index (χ0) is 17.0. The zero-order valence-electron chi connectivity index (χ0n) is 13.4. The quantitative estimate of drug-likeness (QED) is 0.666. The molecule has 5 nitrogen and oxygen atoms in total. The van der Waals surface area contributed by atoms with E-state index in [1.807, 2.05) is 44.2 Å². The molecule has 1 atom stereocenters. The number of hydrogen-bond donors (Lipinski definition) is 3. The van der Waals surface area contributed by atoms with Crippen molar-refractivity contribution in [2.24, 2.45) is 5.73 Å². The van der Waals surface area contributed by atoms with E-state index in [2.05, 4.69) is 5.32 Å². The van der Waals surface area contributed by atoms with Crippen molar-refractivity contribution >= 4 is 23.6 Å². The molecule has 0 spiro atoms. The molecule has 122 valence electrons. The summed E-state index contributed by atoms with van der Waals surface area (Å²) in [5, 5.41) is 12.9. The Bertz CT molecular complexity index is 529. The van der Waals surface area contributed by atoms with Gasteiger partial charge in [0.25, 0.3) is 0 Å². The predicted octanol–water partition coefficient (Wildman–Crippen LogP) is 1.69. The Morgan fingerprint density at radius 3 is 2.27 bits per heavy atom. The van der Waals surface area contributed by atoms with Gasteiger partial charge in [-0.15, -0.1) is 11.8 Å². The molecular weight excluding hydrogens is 300 g/mol. The van der Waals surface area contributed by atoms with E-state index in [4.69, 9.17) is 5.73 Å². The lowest BCUT2D eigenvalue weighted by Crippen LogP contribution is -2.54. The maximum absolute atomic E-state index is 12.0. The van der Waals surface area contributed by atoms with Gasteiger partial charge in [0, 0.05) is 9.64 Å². The second-order valence-corrected chi connectivity index (χ2v) is 8.00. The average Bonchev–Trinajstić information content (AvgIpc) is 2.38. The van der Waals surface area contributed by atoms with Gasteiger partial charge in [-0.2, -0.15) is 0 Å². The molecule has 0 aromatic heterocycles. The van der Waals surface area contributed by atoms with Crippen LogP contribution < -0.4 is 11.1 Å². The lowest BCUT2D eigenvalue weighted by molar-refractivity contribution is -0.131. The molecule has 0 radical (unpaired) electrons. The van der Waals surface area contributed by atoms with E-state index in [9.17, 15) is 14.7 Å². The fraction of sp³-hybridized carbons (Fsp3) is 0.500. The van der Waals surface area contributed by atoms with E-state index in [0.717, 1.165) is 4.90 Å². The van der Waals surface area contributed by atoms with Crippen LogP contribution in [0.3, 0.4) is 0 Å². The molecule has 1 unspecified atom stereocenters. The fourth-order valence-corrected chi connectivity index (χ4v) is 2.86. The topological polar surface area (TPSA) is 92.4 Å². The number of carbonyl (C=O) groups is 2. The van der Waals surface area contributed by atoms with Gasteiger partial charge < -0.3 is 16.2 Å². The smallest absolute Gasteiger partial charge is 0.242 e. The van der Waals surface area contributed by atoms with Gasteiger partial charge in [-0.1, -0.05) is 18.2 Å². The summed E-state index contributed by atoms with van der Waals surface area (Å²) in [5.41, 5.74) is 4.09. The molecular formula is C16H24N2O3S. The summed E-state index contributed by atoms with van der Waals surface area (Å²) in [4.78, 5) is 24.2. The molecule has 0 aliphatic heterocycles. The summed E-state index contributed by atoms with van der Waals surface area (Å²) >= 11 is 1.50. The van der Waals surface area contributed by atoms with Crippen LogP contribution in [0.15, 0.2) is 35.2 Å². The number of primary amides is 1. The van der Waals surface area contributed by atoms with E-state index in [1.54, 1.807) is 0 Å². The molecule has 0 bridgehead atoms. The fourth-order valence-electron chi connectivity index (χ4n) is 1.74. The van der Waals surface area contributed by atoms with Crippen molar-refractivity contribution in [1.82, 2.24) is 5.32 Å². The highest BCUT2D eigenvalue weighted by molar-refractivity contribution is 8.00. The van der Waals surface area contributed by atoms with Crippen molar-refractivity contribution in [3.8, 4) is 0 Å². The summed E-state index contributed by atoms with van der Waals surface area (Å²) < 4.78 is -0.546. The van der Waals surface area contributed by atoms with E-state index < -0.39 is 28.2 Å². The number of rotatable bonds is 7. The van der Waals surface area contributed by atoms with Gasteiger partial charge in [0.2, 0.25) is 11.8 Å². The number of nitrogens with two attached hydrogens (primary N) is 1. The Balaban J connectivity index is 2.65. The van der Waals surface area contributed by atoms with E-state index in [0.29, 0.717) is 0 Å². The molecule has 1 aromatic carbocycles. The molecule has 22 heavy (non-hydrogen) atoms. The first-order valence-corrected chi connectivity index (χ1v) is 7.89. The van der Waals surface area contributed by atoms with Crippen LogP contribution in [-0.2, 0) is 9.59 Å². The number of carbonyl (C=O) groups excluding carboxylic acids is 2. The molecule has 0 fully saturated rings. The van der Waals surface area contributed by atoms with E-state index in [-0.39, 0.29) is 6.42 Å². The first-order valence-electron chi connectivity index (χ1n) is 7.07. The molecule has 0 saturated heterocycles. The number of amides is 2. The third-order valence-electron chi connectivity index (χ3n) is 3.37. The lowest BCUT2D eigenvalue weighted by Gasteiger charge is -2.31. The minimum Gasteiger partial charge on any atom is -0.391 e. The monoisotopic (exact) mass is 324 g/mol. The Hall–Kier alpha value is -1.53. The molecule has 0 saturated carbocycles. The highest BCUT2D eigenvalue weighted by atomic mass is 32.2. The van der Waals surface area contributed by atoms with Crippen molar-refractivity contribution in [3.05, 3.63) is 30.3 Å². The minimum absolute atomic E-state index is 0.0937. The number of aliphatic hydroxyl groups excluding tert-OH is 1. The van der Waals surface area contributed by atoms with Crippen LogP contribution in [-0.4, -0.2) is 33.3 Å². The summed E-state index contributed by atoms with van der Waals surface area (Å²) in [6, 6.07) is 9.68. The largest absolute Gasteiger partial charge is 0.391 e. The number of hydrogen-bond acceptors (Lipinski definition) is 4. The Labute approximate surface area is 135 Å². The number of benzene rings is 1. The third-order valence-corrected chi connectivity index (χ3v) is 4.68. The van der Waals surface area contributed by atoms with Crippen molar-refractivity contribution in [3.63, 3.8) is 0 Å². The molecule has 1 rings (SSSR count). The van der Waals surface area contributed by atoms with Gasteiger partial charge in [-0.25, -0.2) is 0 Å². The zero-order valence-corrected chi connectivity index (χ0v) is 14.2. The highest BCUT2D eigenvalue weighted by Gasteiger charge is 2.33. The molecule has 4 N–H and O–H groups in total.